The molecule has 1 aromatic heterocycles. The number of nitrogens with zero attached hydrogens (tertiary/aromatic N) is 3. The molecule has 0 saturated carbocycles. The van der Waals surface area contributed by atoms with Gasteiger partial charge in [-0.25, -0.2) is 9.78 Å². The first kappa shape index (κ1) is 28.7. The van der Waals surface area contributed by atoms with Crippen molar-refractivity contribution in [2.75, 3.05) is 19.1 Å². The Bertz CT molecular complexity index is 1420. The molecule has 0 aliphatic rings. The van der Waals surface area contributed by atoms with E-state index in [9.17, 15) is 27.6 Å². The summed E-state index contributed by atoms with van der Waals surface area (Å²) in [6, 6.07) is 7.50. The Labute approximate surface area is 218 Å². The smallest absolute Gasteiger partial charge is 0.416 e. The van der Waals surface area contributed by atoms with Crippen molar-refractivity contribution in [2.45, 2.75) is 59.0 Å². The van der Waals surface area contributed by atoms with Gasteiger partial charge in [0.25, 0.3) is 5.56 Å². The van der Waals surface area contributed by atoms with Crippen LogP contribution < -0.4 is 10.5 Å². The Morgan fingerprint density at radius 3 is 2.24 bits per heavy atom. The highest BCUT2D eigenvalue weighted by Gasteiger charge is 2.36. The molecule has 1 heterocycles. The molecular formula is C27H30F3N3O5. The molecule has 0 N–H and O–H groups in total. The number of aryl methyl sites for hydroxylation is 1. The molecule has 0 aliphatic heterocycles. The molecular weight excluding hydrogens is 503 g/mol. The maximum Gasteiger partial charge on any atom is 0.416 e. The van der Waals surface area contributed by atoms with Crippen molar-refractivity contribution >= 4 is 28.5 Å². The number of ether oxygens (including phenoxy) is 2. The van der Waals surface area contributed by atoms with E-state index < -0.39 is 47.4 Å². The molecule has 2 aromatic carbocycles. The number of hydrogen-bond donors (Lipinski definition) is 0. The minimum atomic E-state index is -4.71. The molecule has 0 aliphatic carbocycles. The summed E-state index contributed by atoms with van der Waals surface area (Å²) < 4.78 is 53.4. The Kier molecular flexibility index (Phi) is 7.90. The minimum Gasteiger partial charge on any atom is -0.468 e. The first-order valence-electron chi connectivity index (χ1n) is 11.8. The zero-order valence-electron chi connectivity index (χ0n) is 22.3. The minimum absolute atomic E-state index is 0.0528. The SMILES string of the molecule is COC(=O)Cn1c(C)nc2cc(C(F)(F)F)c([C@@H](C)N(C)c3ccc(C(=O)OC(C)(C)C)cc3)cc2c1=O. The molecule has 38 heavy (non-hydrogen) atoms. The lowest BCUT2D eigenvalue weighted by Crippen LogP contribution is -2.29. The maximum atomic E-state index is 14.1. The monoisotopic (exact) mass is 533 g/mol. The zero-order valence-corrected chi connectivity index (χ0v) is 22.3. The van der Waals surface area contributed by atoms with Gasteiger partial charge in [-0.2, -0.15) is 13.2 Å². The second-order valence-corrected chi connectivity index (χ2v) is 9.92. The zero-order chi connectivity index (χ0) is 28.6. The fourth-order valence-electron chi connectivity index (χ4n) is 3.97. The van der Waals surface area contributed by atoms with E-state index in [0.29, 0.717) is 11.3 Å². The summed E-state index contributed by atoms with van der Waals surface area (Å²) in [5.41, 5.74) is -1.66. The van der Waals surface area contributed by atoms with Crippen molar-refractivity contribution in [2.24, 2.45) is 0 Å². The number of halogens is 3. The molecule has 0 fully saturated rings. The van der Waals surface area contributed by atoms with Gasteiger partial charge in [0.15, 0.2) is 0 Å². The van der Waals surface area contributed by atoms with Crippen LogP contribution in [0, 0.1) is 6.92 Å². The lowest BCUT2D eigenvalue weighted by atomic mass is 9.97. The van der Waals surface area contributed by atoms with Gasteiger partial charge in [0.05, 0.1) is 35.2 Å². The number of alkyl halides is 3. The summed E-state index contributed by atoms with van der Waals surface area (Å²) in [5, 5.41) is -0.0528. The van der Waals surface area contributed by atoms with Gasteiger partial charge in [0, 0.05) is 12.7 Å². The molecule has 11 heteroatoms. The summed E-state index contributed by atoms with van der Waals surface area (Å²) in [6.45, 7) is 7.84. The van der Waals surface area contributed by atoms with Crippen LogP contribution in [-0.4, -0.2) is 41.2 Å². The number of rotatable bonds is 6. The van der Waals surface area contributed by atoms with Crippen LogP contribution in [-0.2, 0) is 27.0 Å². The second kappa shape index (κ2) is 10.5. The summed E-state index contributed by atoms with van der Waals surface area (Å²) in [5.74, 6) is -1.12. The quantitative estimate of drug-likeness (QED) is 0.410. The van der Waals surface area contributed by atoms with Gasteiger partial charge in [-0.3, -0.25) is 14.2 Å². The van der Waals surface area contributed by atoms with Gasteiger partial charge in [0.1, 0.15) is 18.0 Å². The van der Waals surface area contributed by atoms with Gasteiger partial charge in [-0.05, 0) is 76.6 Å². The standard InChI is InChI=1S/C27H30F3N3O5/c1-15(32(6)18-10-8-17(9-11-18)25(36)38-26(3,4)5)19-12-20-22(13-21(19)27(28,29)30)31-16(2)33(24(20)35)14-23(34)37-7/h8-13,15H,14H2,1-7H3/t15-/m1/s1. The molecule has 0 saturated heterocycles. The molecule has 0 amide bonds. The third-order valence-electron chi connectivity index (χ3n) is 6.08. The average Bonchev–Trinajstić information content (AvgIpc) is 2.83. The van der Waals surface area contributed by atoms with Crippen LogP contribution in [0.25, 0.3) is 10.9 Å². The molecule has 0 unspecified atom stereocenters. The van der Waals surface area contributed by atoms with Gasteiger partial charge in [-0.1, -0.05) is 0 Å². The maximum absolute atomic E-state index is 14.1. The summed E-state index contributed by atoms with van der Waals surface area (Å²) in [7, 11) is 2.78. The number of carbonyl (C=O) groups excluding carboxylic acids is 2. The van der Waals surface area contributed by atoms with Crippen LogP contribution >= 0.6 is 0 Å². The van der Waals surface area contributed by atoms with E-state index >= 15 is 0 Å². The van der Waals surface area contributed by atoms with Crippen LogP contribution in [0.2, 0.25) is 0 Å². The predicted molar refractivity (Wildman–Crippen MR) is 136 cm³/mol. The molecule has 0 spiro atoms. The highest BCUT2D eigenvalue weighted by atomic mass is 19.4. The summed E-state index contributed by atoms with van der Waals surface area (Å²) >= 11 is 0. The van der Waals surface area contributed by atoms with Crippen LogP contribution in [0.3, 0.4) is 0 Å². The number of fused-ring (bicyclic) bond motifs is 1. The Morgan fingerprint density at radius 2 is 1.71 bits per heavy atom. The first-order chi connectivity index (χ1) is 17.5. The lowest BCUT2D eigenvalue weighted by Gasteiger charge is -2.30. The van der Waals surface area contributed by atoms with Crippen molar-refractivity contribution in [3.8, 4) is 0 Å². The molecule has 204 valence electrons. The Morgan fingerprint density at radius 1 is 1.11 bits per heavy atom. The van der Waals surface area contributed by atoms with E-state index in [1.54, 1.807) is 51.8 Å². The van der Waals surface area contributed by atoms with Crippen LogP contribution in [0.4, 0.5) is 18.9 Å². The van der Waals surface area contributed by atoms with Crippen molar-refractivity contribution in [3.63, 3.8) is 0 Å². The van der Waals surface area contributed by atoms with Crippen molar-refractivity contribution < 1.29 is 32.2 Å². The summed E-state index contributed by atoms with van der Waals surface area (Å²) in [4.78, 5) is 43.0. The summed E-state index contributed by atoms with van der Waals surface area (Å²) in [6.07, 6.45) is -4.71. The first-order valence-corrected chi connectivity index (χ1v) is 11.8. The number of carbonyl (C=O) groups is 2. The van der Waals surface area contributed by atoms with E-state index in [1.807, 2.05) is 0 Å². The number of anilines is 1. The van der Waals surface area contributed by atoms with Crippen LogP contribution in [0.15, 0.2) is 41.2 Å². The fourth-order valence-corrected chi connectivity index (χ4v) is 3.97. The number of aromatic nitrogens is 2. The van der Waals surface area contributed by atoms with Gasteiger partial charge >= 0.3 is 18.1 Å². The molecule has 0 radical (unpaired) electrons. The molecule has 3 rings (SSSR count). The topological polar surface area (TPSA) is 90.7 Å². The van der Waals surface area contributed by atoms with Crippen LogP contribution in [0.5, 0.6) is 0 Å². The van der Waals surface area contributed by atoms with Gasteiger partial charge < -0.3 is 14.4 Å². The highest BCUT2D eigenvalue weighted by molar-refractivity contribution is 5.90. The average molecular weight is 534 g/mol. The van der Waals surface area contributed by atoms with Crippen molar-refractivity contribution in [1.82, 2.24) is 9.55 Å². The molecule has 1 atom stereocenters. The van der Waals surface area contributed by atoms with Gasteiger partial charge in [0.2, 0.25) is 0 Å². The molecule has 0 bridgehead atoms. The normalized spacial score (nSPS) is 12.8. The number of benzene rings is 2. The van der Waals surface area contributed by atoms with E-state index in [4.69, 9.17) is 4.74 Å². The fraction of sp³-hybridized carbons (Fsp3) is 0.407. The van der Waals surface area contributed by atoms with Crippen LogP contribution in [0.1, 0.15) is 61.0 Å². The number of methoxy groups -OCH3 is 1. The third-order valence-corrected chi connectivity index (χ3v) is 6.08. The number of esters is 2. The lowest BCUT2D eigenvalue weighted by molar-refractivity contribution is -0.141. The Hall–Kier alpha value is -3.89. The predicted octanol–water partition coefficient (Wildman–Crippen LogP) is 5.05. The largest absolute Gasteiger partial charge is 0.468 e. The third kappa shape index (κ3) is 6.15. The highest BCUT2D eigenvalue weighted by Crippen LogP contribution is 2.39. The second-order valence-electron chi connectivity index (χ2n) is 9.92. The van der Waals surface area contributed by atoms with Gasteiger partial charge in [-0.15, -0.1) is 0 Å². The van der Waals surface area contributed by atoms with E-state index in [2.05, 4.69) is 9.72 Å². The van der Waals surface area contributed by atoms with Crippen molar-refractivity contribution in [1.29, 1.82) is 0 Å². The molecule has 3 aromatic rings. The molecule has 8 nitrogen and oxygen atoms in total. The van der Waals surface area contributed by atoms with E-state index in [-0.39, 0.29) is 22.3 Å². The van der Waals surface area contributed by atoms with E-state index in [1.165, 1.54) is 32.2 Å². The number of hydrogen-bond acceptors (Lipinski definition) is 7. The Balaban J connectivity index is 2.07. The van der Waals surface area contributed by atoms with Crippen molar-refractivity contribution in [3.05, 3.63) is 69.3 Å². The van der Waals surface area contributed by atoms with E-state index in [0.717, 1.165) is 10.6 Å².